The Balaban J connectivity index is 2.26. The number of nitrogens with zero attached hydrogens (tertiary/aromatic N) is 2. The highest BCUT2D eigenvalue weighted by Gasteiger charge is 2.40. The Bertz CT molecular complexity index is 514. The van der Waals surface area contributed by atoms with Crippen molar-refractivity contribution in [3.63, 3.8) is 0 Å². The Kier molecular flexibility index (Phi) is 3.96. The first-order chi connectivity index (χ1) is 8.93. The molecule has 1 saturated heterocycles. The van der Waals surface area contributed by atoms with E-state index in [-0.39, 0.29) is 12.0 Å². The number of amides is 1. The first kappa shape index (κ1) is 14.1. The largest absolute Gasteiger partial charge is 0.480 e. The van der Waals surface area contributed by atoms with E-state index in [1.807, 2.05) is 0 Å². The highest BCUT2D eigenvalue weighted by atomic mass is 79.9. The molecule has 2 rings (SSSR count). The molecule has 2 unspecified atom stereocenters. The summed E-state index contributed by atoms with van der Waals surface area (Å²) in [6.45, 7) is 0.301. The maximum Gasteiger partial charge on any atom is 0.326 e. The number of hydrogen-bond donors (Lipinski definition) is 1. The summed E-state index contributed by atoms with van der Waals surface area (Å²) in [7, 11) is 3.27. The maximum atomic E-state index is 12.4. The molecular weight excluding hydrogens is 316 g/mol. The topological polar surface area (TPSA) is 71.8 Å². The van der Waals surface area contributed by atoms with Gasteiger partial charge in [-0.15, -0.1) is 0 Å². The van der Waals surface area contributed by atoms with Gasteiger partial charge in [0, 0.05) is 37.8 Å². The molecule has 1 aliphatic rings. The van der Waals surface area contributed by atoms with E-state index in [1.54, 1.807) is 23.9 Å². The zero-order valence-corrected chi connectivity index (χ0v) is 12.3. The molecule has 2 atom stereocenters. The van der Waals surface area contributed by atoms with Gasteiger partial charge in [0.05, 0.1) is 6.10 Å². The number of rotatable bonds is 3. The average Bonchev–Trinajstić information content (AvgIpc) is 2.91. The Hall–Kier alpha value is -1.34. The molecule has 0 aliphatic carbocycles. The number of halogens is 1. The van der Waals surface area contributed by atoms with E-state index in [1.165, 1.54) is 12.0 Å². The van der Waals surface area contributed by atoms with Crippen LogP contribution in [-0.4, -0.2) is 52.3 Å². The lowest BCUT2D eigenvalue weighted by Gasteiger charge is -2.21. The van der Waals surface area contributed by atoms with Crippen LogP contribution in [0.3, 0.4) is 0 Å². The van der Waals surface area contributed by atoms with Crippen molar-refractivity contribution < 1.29 is 19.4 Å². The maximum absolute atomic E-state index is 12.4. The van der Waals surface area contributed by atoms with Gasteiger partial charge in [-0.3, -0.25) is 4.79 Å². The number of aryl methyl sites for hydroxylation is 1. The number of aromatic nitrogens is 1. The predicted octanol–water partition coefficient (Wildman–Crippen LogP) is 1.10. The van der Waals surface area contributed by atoms with Crippen LogP contribution in [0.25, 0.3) is 0 Å². The summed E-state index contributed by atoms with van der Waals surface area (Å²) < 4.78 is 7.63. The molecule has 7 heteroatoms. The Morgan fingerprint density at radius 1 is 1.53 bits per heavy atom. The minimum atomic E-state index is -0.999. The third-order valence-corrected chi connectivity index (χ3v) is 3.77. The van der Waals surface area contributed by atoms with Crippen molar-refractivity contribution in [1.29, 1.82) is 0 Å². The standard InChI is InChI=1S/C12H15BrN2O4/c1-14-5-7(13)3-9(14)11(16)15-6-8(19-2)4-10(15)12(17)18/h3,5,8,10H,4,6H2,1-2H3,(H,17,18). The number of carboxylic acid groups (broad SMARTS) is 1. The van der Waals surface area contributed by atoms with Gasteiger partial charge in [0.15, 0.2) is 0 Å². The number of likely N-dealkylation sites (tertiary alicyclic amines) is 1. The summed E-state index contributed by atoms with van der Waals surface area (Å²) in [5.74, 6) is -1.29. The van der Waals surface area contributed by atoms with Crippen LogP contribution in [-0.2, 0) is 16.6 Å². The van der Waals surface area contributed by atoms with E-state index >= 15 is 0 Å². The second-order valence-electron chi connectivity index (χ2n) is 4.56. The van der Waals surface area contributed by atoms with Crippen LogP contribution in [0.5, 0.6) is 0 Å². The van der Waals surface area contributed by atoms with Crippen LogP contribution in [0.2, 0.25) is 0 Å². The molecule has 1 N–H and O–H groups in total. The number of ether oxygens (including phenoxy) is 1. The molecule has 1 amide bonds. The molecule has 1 aromatic rings. The van der Waals surface area contributed by atoms with E-state index in [9.17, 15) is 14.7 Å². The van der Waals surface area contributed by atoms with Gasteiger partial charge in [0.25, 0.3) is 5.91 Å². The molecule has 0 saturated carbocycles. The van der Waals surface area contributed by atoms with Crippen molar-refractivity contribution in [2.24, 2.45) is 7.05 Å². The molecule has 1 fully saturated rings. The Morgan fingerprint density at radius 2 is 2.21 bits per heavy atom. The zero-order valence-electron chi connectivity index (χ0n) is 10.7. The zero-order chi connectivity index (χ0) is 14.2. The van der Waals surface area contributed by atoms with Gasteiger partial charge in [0.2, 0.25) is 0 Å². The fraction of sp³-hybridized carbons (Fsp3) is 0.500. The Morgan fingerprint density at radius 3 is 2.68 bits per heavy atom. The van der Waals surface area contributed by atoms with Gasteiger partial charge >= 0.3 is 5.97 Å². The quantitative estimate of drug-likeness (QED) is 0.900. The Labute approximate surface area is 119 Å². The van der Waals surface area contributed by atoms with Gasteiger partial charge in [-0.25, -0.2) is 4.79 Å². The smallest absolute Gasteiger partial charge is 0.326 e. The lowest BCUT2D eigenvalue weighted by molar-refractivity contribution is -0.141. The van der Waals surface area contributed by atoms with Gasteiger partial charge < -0.3 is 19.3 Å². The average molecular weight is 331 g/mol. The second-order valence-corrected chi connectivity index (χ2v) is 5.48. The summed E-state index contributed by atoms with van der Waals surface area (Å²) in [5.41, 5.74) is 0.454. The number of aliphatic carboxylic acids is 1. The molecule has 2 heterocycles. The summed E-state index contributed by atoms with van der Waals surface area (Å²) in [5, 5.41) is 9.20. The predicted molar refractivity (Wildman–Crippen MR) is 71.0 cm³/mol. The van der Waals surface area contributed by atoms with E-state index in [2.05, 4.69) is 15.9 Å². The van der Waals surface area contributed by atoms with Crippen molar-refractivity contribution in [3.05, 3.63) is 22.4 Å². The van der Waals surface area contributed by atoms with Crippen LogP contribution < -0.4 is 0 Å². The fourth-order valence-electron chi connectivity index (χ4n) is 2.31. The highest BCUT2D eigenvalue weighted by Crippen LogP contribution is 2.24. The molecule has 1 aromatic heterocycles. The van der Waals surface area contributed by atoms with Crippen molar-refractivity contribution in [3.8, 4) is 0 Å². The molecule has 0 radical (unpaired) electrons. The SMILES string of the molecule is COC1CC(C(=O)O)N(C(=O)c2cc(Br)cn2C)C1. The van der Waals surface area contributed by atoms with E-state index in [4.69, 9.17) is 4.74 Å². The third kappa shape index (κ3) is 2.66. The van der Waals surface area contributed by atoms with Crippen LogP contribution in [0.4, 0.5) is 0 Å². The normalized spacial score (nSPS) is 22.8. The molecule has 0 aromatic carbocycles. The van der Waals surface area contributed by atoms with Crippen LogP contribution >= 0.6 is 15.9 Å². The number of hydrogen-bond acceptors (Lipinski definition) is 3. The molecular formula is C12H15BrN2O4. The van der Waals surface area contributed by atoms with Crippen molar-refractivity contribution in [1.82, 2.24) is 9.47 Å². The van der Waals surface area contributed by atoms with E-state index < -0.39 is 12.0 Å². The molecule has 0 spiro atoms. The summed E-state index contributed by atoms with van der Waals surface area (Å²) in [6.07, 6.45) is 1.85. The number of carbonyl (C=O) groups is 2. The van der Waals surface area contributed by atoms with Gasteiger partial charge in [0.1, 0.15) is 11.7 Å². The first-order valence-electron chi connectivity index (χ1n) is 5.82. The van der Waals surface area contributed by atoms with Crippen molar-refractivity contribution >= 4 is 27.8 Å². The van der Waals surface area contributed by atoms with Crippen LogP contribution in [0.1, 0.15) is 16.9 Å². The highest BCUT2D eigenvalue weighted by molar-refractivity contribution is 9.10. The van der Waals surface area contributed by atoms with Crippen LogP contribution in [0.15, 0.2) is 16.7 Å². The summed E-state index contributed by atoms with van der Waals surface area (Å²) in [6, 6.07) is 0.854. The van der Waals surface area contributed by atoms with E-state index in [0.29, 0.717) is 18.7 Å². The second kappa shape index (κ2) is 5.34. The lowest BCUT2D eigenvalue weighted by Crippen LogP contribution is -2.41. The number of methoxy groups -OCH3 is 1. The summed E-state index contributed by atoms with van der Waals surface area (Å²) in [4.78, 5) is 25.0. The fourth-order valence-corrected chi connectivity index (χ4v) is 2.83. The minimum absolute atomic E-state index is 0.228. The van der Waals surface area contributed by atoms with Crippen molar-refractivity contribution in [2.45, 2.75) is 18.6 Å². The molecule has 6 nitrogen and oxygen atoms in total. The molecule has 0 bridgehead atoms. The molecule has 1 aliphatic heterocycles. The number of carboxylic acids is 1. The van der Waals surface area contributed by atoms with Gasteiger partial charge in [-0.1, -0.05) is 0 Å². The lowest BCUT2D eigenvalue weighted by atomic mass is 10.2. The third-order valence-electron chi connectivity index (χ3n) is 3.33. The number of carbonyl (C=O) groups excluding carboxylic acids is 1. The first-order valence-corrected chi connectivity index (χ1v) is 6.61. The molecule has 19 heavy (non-hydrogen) atoms. The summed E-state index contributed by atoms with van der Waals surface area (Å²) >= 11 is 3.30. The van der Waals surface area contributed by atoms with Gasteiger partial charge in [-0.05, 0) is 22.0 Å². The van der Waals surface area contributed by atoms with Crippen LogP contribution in [0, 0.1) is 0 Å². The van der Waals surface area contributed by atoms with E-state index in [0.717, 1.165) is 4.47 Å². The van der Waals surface area contributed by atoms with Crippen molar-refractivity contribution in [2.75, 3.05) is 13.7 Å². The minimum Gasteiger partial charge on any atom is -0.480 e. The molecule has 104 valence electrons. The monoisotopic (exact) mass is 330 g/mol. The van der Waals surface area contributed by atoms with Gasteiger partial charge in [-0.2, -0.15) is 0 Å².